The van der Waals surface area contributed by atoms with Gasteiger partial charge in [0.2, 0.25) is 0 Å². The predicted octanol–water partition coefficient (Wildman–Crippen LogP) is 4.48. The van der Waals surface area contributed by atoms with Crippen LogP contribution in [0.1, 0.15) is 18.3 Å². The molecule has 0 aliphatic carbocycles. The molecule has 1 N–H and O–H groups in total. The fourth-order valence-electron chi connectivity index (χ4n) is 3.54. The first kappa shape index (κ1) is 18.8. The molecule has 4 rings (SSSR count). The molecule has 0 spiro atoms. The number of ether oxygens (including phenoxy) is 1. The van der Waals surface area contributed by atoms with Crippen molar-refractivity contribution in [1.29, 1.82) is 0 Å². The lowest BCUT2D eigenvalue weighted by atomic mass is 10.1. The van der Waals surface area contributed by atoms with Crippen molar-refractivity contribution in [2.45, 2.75) is 20.8 Å². The number of hydrogen-bond donors (Lipinski definition) is 1. The van der Waals surface area contributed by atoms with Crippen LogP contribution in [0.3, 0.4) is 0 Å². The van der Waals surface area contributed by atoms with Crippen LogP contribution >= 0.6 is 0 Å². The Labute approximate surface area is 169 Å². The molecule has 0 aliphatic rings. The van der Waals surface area contributed by atoms with E-state index in [4.69, 9.17) is 4.74 Å². The molecule has 6 nitrogen and oxygen atoms in total. The number of pyridine rings is 1. The zero-order chi connectivity index (χ0) is 20.5. The highest BCUT2D eigenvalue weighted by molar-refractivity contribution is 5.94. The molecule has 2 heterocycles. The fraction of sp³-hybridized carbons (Fsp3) is 0.217. The number of aromatic nitrogens is 3. The monoisotopic (exact) mass is 388 g/mol. The molecule has 2 aromatic carbocycles. The second-order valence-corrected chi connectivity index (χ2v) is 6.98. The third-order valence-electron chi connectivity index (χ3n) is 5.03. The van der Waals surface area contributed by atoms with Crippen LogP contribution in [-0.2, 0) is 7.05 Å². The number of fused-ring (bicyclic) bond motifs is 1. The molecule has 0 atom stereocenters. The van der Waals surface area contributed by atoms with Crippen molar-refractivity contribution in [3.05, 3.63) is 76.3 Å². The third-order valence-corrected chi connectivity index (χ3v) is 5.03. The first-order chi connectivity index (χ1) is 14.0. The van der Waals surface area contributed by atoms with Crippen molar-refractivity contribution in [1.82, 2.24) is 14.3 Å². The van der Waals surface area contributed by atoms with Gasteiger partial charge in [-0.1, -0.05) is 18.2 Å². The van der Waals surface area contributed by atoms with Crippen LogP contribution in [-0.4, -0.2) is 21.0 Å². The summed E-state index contributed by atoms with van der Waals surface area (Å²) < 4.78 is 9.18. The number of nitrogens with zero attached hydrogens (tertiary/aromatic N) is 3. The standard InChI is InChI=1S/C23H24N4O2/c1-5-29-18-11-12-20-19(14-18)21(13-15(2)24-20)25-22-16(3)26(4)27(23(22)28)17-9-7-6-8-10-17/h6-14H,5H2,1-4H3,(H,24,25). The number of aryl methyl sites for hydroxylation is 1. The van der Waals surface area contributed by atoms with Crippen LogP contribution in [0.25, 0.3) is 16.6 Å². The van der Waals surface area contributed by atoms with Gasteiger partial charge in [0.25, 0.3) is 5.56 Å². The number of benzene rings is 2. The van der Waals surface area contributed by atoms with Gasteiger partial charge < -0.3 is 10.1 Å². The summed E-state index contributed by atoms with van der Waals surface area (Å²) in [5.74, 6) is 0.778. The molecular formula is C23H24N4O2. The average molecular weight is 388 g/mol. The van der Waals surface area contributed by atoms with Crippen LogP contribution in [0, 0.1) is 13.8 Å². The molecule has 148 valence electrons. The minimum absolute atomic E-state index is 0.0974. The van der Waals surface area contributed by atoms with E-state index >= 15 is 0 Å². The summed E-state index contributed by atoms with van der Waals surface area (Å²) in [7, 11) is 1.89. The van der Waals surface area contributed by atoms with E-state index in [1.807, 2.05) is 87.1 Å². The Hall–Kier alpha value is -3.54. The van der Waals surface area contributed by atoms with Gasteiger partial charge >= 0.3 is 0 Å². The first-order valence-corrected chi connectivity index (χ1v) is 9.65. The Morgan fingerprint density at radius 2 is 1.83 bits per heavy atom. The second-order valence-electron chi connectivity index (χ2n) is 6.98. The zero-order valence-corrected chi connectivity index (χ0v) is 17.1. The van der Waals surface area contributed by atoms with Crippen molar-refractivity contribution < 1.29 is 4.74 Å². The fourth-order valence-corrected chi connectivity index (χ4v) is 3.54. The lowest BCUT2D eigenvalue weighted by molar-refractivity contribution is 0.340. The molecule has 0 unspecified atom stereocenters. The molecule has 2 aromatic heterocycles. The molecule has 29 heavy (non-hydrogen) atoms. The van der Waals surface area contributed by atoms with Crippen LogP contribution in [0.5, 0.6) is 5.75 Å². The molecular weight excluding hydrogens is 364 g/mol. The Balaban J connectivity index is 1.85. The average Bonchev–Trinajstić information content (AvgIpc) is 2.92. The maximum absolute atomic E-state index is 13.2. The molecule has 0 saturated carbocycles. The highest BCUT2D eigenvalue weighted by Crippen LogP contribution is 2.30. The highest BCUT2D eigenvalue weighted by atomic mass is 16.5. The number of hydrogen-bond acceptors (Lipinski definition) is 4. The van der Waals surface area contributed by atoms with E-state index < -0.39 is 0 Å². The van der Waals surface area contributed by atoms with E-state index in [1.54, 1.807) is 4.68 Å². The van der Waals surface area contributed by atoms with Gasteiger partial charge in [-0.2, -0.15) is 0 Å². The van der Waals surface area contributed by atoms with Crippen molar-refractivity contribution in [2.75, 3.05) is 11.9 Å². The zero-order valence-electron chi connectivity index (χ0n) is 17.1. The highest BCUT2D eigenvalue weighted by Gasteiger charge is 2.17. The van der Waals surface area contributed by atoms with E-state index in [0.717, 1.165) is 39.4 Å². The molecule has 6 heteroatoms. The number of rotatable bonds is 5. The summed E-state index contributed by atoms with van der Waals surface area (Å²) in [4.78, 5) is 17.9. The Kier molecular flexibility index (Phi) is 4.84. The van der Waals surface area contributed by atoms with Crippen molar-refractivity contribution >= 4 is 22.3 Å². The summed E-state index contributed by atoms with van der Waals surface area (Å²) in [5.41, 5.74) is 4.69. The van der Waals surface area contributed by atoms with Crippen molar-refractivity contribution in [3.63, 3.8) is 0 Å². The van der Waals surface area contributed by atoms with Crippen LogP contribution in [0.15, 0.2) is 59.4 Å². The van der Waals surface area contributed by atoms with Crippen LogP contribution < -0.4 is 15.6 Å². The maximum atomic E-state index is 13.2. The normalized spacial score (nSPS) is 11.0. The van der Waals surface area contributed by atoms with Crippen molar-refractivity contribution in [2.24, 2.45) is 7.05 Å². The minimum Gasteiger partial charge on any atom is -0.494 e. The van der Waals surface area contributed by atoms with Crippen LogP contribution in [0.2, 0.25) is 0 Å². The van der Waals surface area contributed by atoms with Gasteiger partial charge in [0, 0.05) is 18.1 Å². The molecule has 0 radical (unpaired) electrons. The second kappa shape index (κ2) is 7.47. The molecule has 4 aromatic rings. The predicted molar refractivity (Wildman–Crippen MR) is 117 cm³/mol. The van der Waals surface area contributed by atoms with E-state index in [1.165, 1.54) is 0 Å². The van der Waals surface area contributed by atoms with Gasteiger partial charge in [-0.3, -0.25) is 14.5 Å². The summed E-state index contributed by atoms with van der Waals surface area (Å²) in [6.45, 7) is 6.43. The van der Waals surface area contributed by atoms with Gasteiger partial charge in [0.1, 0.15) is 11.4 Å². The van der Waals surface area contributed by atoms with E-state index in [0.29, 0.717) is 12.3 Å². The summed E-state index contributed by atoms with van der Waals surface area (Å²) in [6, 6.07) is 17.4. The Morgan fingerprint density at radius 3 is 2.55 bits per heavy atom. The molecule has 0 amide bonds. The number of nitrogens with one attached hydrogen (secondary N) is 1. The van der Waals surface area contributed by atoms with Gasteiger partial charge in [-0.05, 0) is 57.2 Å². The summed E-state index contributed by atoms with van der Waals surface area (Å²) in [6.07, 6.45) is 0. The van der Waals surface area contributed by atoms with Gasteiger partial charge in [0.05, 0.1) is 29.2 Å². The minimum atomic E-state index is -0.0974. The summed E-state index contributed by atoms with van der Waals surface area (Å²) in [5, 5.41) is 4.29. The third kappa shape index (κ3) is 3.38. The van der Waals surface area contributed by atoms with Gasteiger partial charge in [-0.15, -0.1) is 0 Å². The summed E-state index contributed by atoms with van der Waals surface area (Å²) >= 11 is 0. The van der Waals surface area contributed by atoms with E-state index in [9.17, 15) is 4.79 Å². The van der Waals surface area contributed by atoms with Crippen molar-refractivity contribution in [3.8, 4) is 11.4 Å². The van der Waals surface area contributed by atoms with Gasteiger partial charge in [0.15, 0.2) is 0 Å². The van der Waals surface area contributed by atoms with Gasteiger partial charge in [-0.25, -0.2) is 4.68 Å². The molecule has 0 fully saturated rings. The van der Waals surface area contributed by atoms with E-state index in [-0.39, 0.29) is 5.56 Å². The smallest absolute Gasteiger partial charge is 0.295 e. The number of anilines is 2. The molecule has 0 bridgehead atoms. The quantitative estimate of drug-likeness (QED) is 0.547. The topological polar surface area (TPSA) is 61.1 Å². The largest absolute Gasteiger partial charge is 0.494 e. The first-order valence-electron chi connectivity index (χ1n) is 9.65. The molecule has 0 saturated heterocycles. The number of para-hydroxylation sites is 1. The molecule has 0 aliphatic heterocycles. The lowest BCUT2D eigenvalue weighted by Crippen LogP contribution is -2.20. The Bertz CT molecular complexity index is 1240. The maximum Gasteiger partial charge on any atom is 0.295 e. The SMILES string of the molecule is CCOc1ccc2nc(C)cc(Nc3c(C)n(C)n(-c4ccccc4)c3=O)c2c1. The van der Waals surface area contributed by atoms with E-state index in [2.05, 4.69) is 10.3 Å². The Morgan fingerprint density at radius 1 is 1.07 bits per heavy atom. The van der Waals surface area contributed by atoms with Crippen LogP contribution in [0.4, 0.5) is 11.4 Å². The lowest BCUT2D eigenvalue weighted by Gasteiger charge is -2.11.